The van der Waals surface area contributed by atoms with Gasteiger partial charge in [0.25, 0.3) is 0 Å². The van der Waals surface area contributed by atoms with Gasteiger partial charge >= 0.3 is 0 Å². The van der Waals surface area contributed by atoms with Gasteiger partial charge in [-0.2, -0.15) is 0 Å². The number of benzene rings is 1. The fourth-order valence-corrected chi connectivity index (χ4v) is 1.98. The van der Waals surface area contributed by atoms with Crippen molar-refractivity contribution in [1.29, 1.82) is 0 Å². The van der Waals surface area contributed by atoms with Gasteiger partial charge in [0, 0.05) is 19.0 Å². The first kappa shape index (κ1) is 13.3. The lowest BCUT2D eigenvalue weighted by atomic mass is 10.1. The van der Waals surface area contributed by atoms with Gasteiger partial charge in [0.2, 0.25) is 0 Å². The SMILES string of the molecule is CCc1nc(N)cc(NCCc2ccccc2C)n1. The second-order valence-electron chi connectivity index (χ2n) is 4.55. The molecule has 0 fully saturated rings. The van der Waals surface area contributed by atoms with E-state index in [0.717, 1.165) is 31.0 Å². The van der Waals surface area contributed by atoms with Crippen LogP contribution in [0.25, 0.3) is 0 Å². The predicted octanol–water partition coefficient (Wildman–Crippen LogP) is 2.58. The highest BCUT2D eigenvalue weighted by Crippen LogP contribution is 2.11. The van der Waals surface area contributed by atoms with Gasteiger partial charge < -0.3 is 11.1 Å². The second kappa shape index (κ2) is 6.18. The predicted molar refractivity (Wildman–Crippen MR) is 79.2 cm³/mol. The highest BCUT2D eigenvalue weighted by atomic mass is 15.0. The monoisotopic (exact) mass is 256 g/mol. The summed E-state index contributed by atoms with van der Waals surface area (Å²) in [4.78, 5) is 8.56. The number of nitrogens with zero attached hydrogens (tertiary/aromatic N) is 2. The van der Waals surface area contributed by atoms with Crippen molar-refractivity contribution in [2.75, 3.05) is 17.6 Å². The summed E-state index contributed by atoms with van der Waals surface area (Å²) in [6, 6.07) is 10.2. The van der Waals surface area contributed by atoms with Crippen LogP contribution in [0.5, 0.6) is 0 Å². The van der Waals surface area contributed by atoms with Gasteiger partial charge in [0.15, 0.2) is 0 Å². The summed E-state index contributed by atoms with van der Waals surface area (Å²) in [5.41, 5.74) is 8.43. The van der Waals surface area contributed by atoms with Crippen LogP contribution >= 0.6 is 0 Å². The van der Waals surface area contributed by atoms with Gasteiger partial charge in [-0.15, -0.1) is 0 Å². The molecule has 1 heterocycles. The fourth-order valence-electron chi connectivity index (χ4n) is 1.98. The molecule has 4 nitrogen and oxygen atoms in total. The summed E-state index contributed by atoms with van der Waals surface area (Å²) >= 11 is 0. The normalized spacial score (nSPS) is 10.4. The molecule has 0 bridgehead atoms. The minimum atomic E-state index is 0.519. The Morgan fingerprint density at radius 3 is 2.74 bits per heavy atom. The van der Waals surface area contributed by atoms with Gasteiger partial charge in [-0.05, 0) is 24.5 Å². The van der Waals surface area contributed by atoms with E-state index in [1.165, 1.54) is 11.1 Å². The zero-order valence-electron chi connectivity index (χ0n) is 11.5. The molecule has 4 heteroatoms. The third kappa shape index (κ3) is 3.68. The van der Waals surface area contributed by atoms with E-state index in [2.05, 4.69) is 46.5 Å². The van der Waals surface area contributed by atoms with E-state index < -0.39 is 0 Å². The van der Waals surface area contributed by atoms with Gasteiger partial charge in [-0.1, -0.05) is 31.2 Å². The summed E-state index contributed by atoms with van der Waals surface area (Å²) in [6.45, 7) is 4.99. The number of nitrogen functional groups attached to an aromatic ring is 1. The number of nitrogens with one attached hydrogen (secondary N) is 1. The highest BCUT2D eigenvalue weighted by molar-refractivity contribution is 5.44. The summed E-state index contributed by atoms with van der Waals surface area (Å²) in [5, 5.41) is 3.30. The molecular weight excluding hydrogens is 236 g/mol. The lowest BCUT2D eigenvalue weighted by Crippen LogP contribution is -2.09. The Kier molecular flexibility index (Phi) is 4.34. The van der Waals surface area contributed by atoms with Crippen LogP contribution in [-0.2, 0) is 12.8 Å². The summed E-state index contributed by atoms with van der Waals surface area (Å²) in [7, 11) is 0. The molecule has 2 rings (SSSR count). The van der Waals surface area contributed by atoms with Crippen LogP contribution in [0.3, 0.4) is 0 Å². The van der Waals surface area contributed by atoms with Crippen molar-refractivity contribution >= 4 is 11.6 Å². The molecule has 19 heavy (non-hydrogen) atoms. The third-order valence-electron chi connectivity index (χ3n) is 3.07. The minimum Gasteiger partial charge on any atom is -0.384 e. The maximum absolute atomic E-state index is 5.75. The lowest BCUT2D eigenvalue weighted by Gasteiger charge is -2.09. The van der Waals surface area contributed by atoms with E-state index in [1.807, 2.05) is 6.92 Å². The third-order valence-corrected chi connectivity index (χ3v) is 3.07. The van der Waals surface area contributed by atoms with Crippen LogP contribution < -0.4 is 11.1 Å². The number of aryl methyl sites for hydroxylation is 2. The number of hydrogen-bond donors (Lipinski definition) is 2. The van der Waals surface area contributed by atoms with Gasteiger partial charge in [0.1, 0.15) is 17.5 Å². The van der Waals surface area contributed by atoms with E-state index in [-0.39, 0.29) is 0 Å². The molecule has 100 valence electrons. The van der Waals surface area contributed by atoms with E-state index in [1.54, 1.807) is 6.07 Å². The highest BCUT2D eigenvalue weighted by Gasteiger charge is 2.01. The van der Waals surface area contributed by atoms with Crippen molar-refractivity contribution in [2.24, 2.45) is 0 Å². The van der Waals surface area contributed by atoms with Gasteiger partial charge in [-0.3, -0.25) is 0 Å². The second-order valence-corrected chi connectivity index (χ2v) is 4.55. The molecule has 2 aromatic rings. The Labute approximate surface area is 114 Å². The molecule has 0 aliphatic rings. The molecule has 0 amide bonds. The first-order valence-electron chi connectivity index (χ1n) is 6.61. The van der Waals surface area contributed by atoms with Crippen molar-refractivity contribution in [3.8, 4) is 0 Å². The standard InChI is InChI=1S/C15H20N4/c1-3-14-18-13(16)10-15(19-14)17-9-8-12-7-5-4-6-11(12)2/h4-7,10H,3,8-9H2,1-2H3,(H3,16,17,18,19). The number of hydrogen-bond acceptors (Lipinski definition) is 4. The average Bonchev–Trinajstić information content (AvgIpc) is 2.40. The first-order chi connectivity index (χ1) is 9.19. The van der Waals surface area contributed by atoms with Crippen molar-refractivity contribution < 1.29 is 0 Å². The van der Waals surface area contributed by atoms with Crippen molar-refractivity contribution in [1.82, 2.24) is 9.97 Å². The fraction of sp³-hybridized carbons (Fsp3) is 0.333. The Morgan fingerprint density at radius 1 is 1.21 bits per heavy atom. The molecule has 0 atom stereocenters. The van der Waals surface area contributed by atoms with Crippen LogP contribution in [0.1, 0.15) is 23.9 Å². The summed E-state index contributed by atoms with van der Waals surface area (Å²) < 4.78 is 0. The molecule has 0 saturated heterocycles. The zero-order chi connectivity index (χ0) is 13.7. The van der Waals surface area contributed by atoms with E-state index in [4.69, 9.17) is 5.73 Å². The summed E-state index contributed by atoms with van der Waals surface area (Å²) in [5.74, 6) is 2.10. The maximum Gasteiger partial charge on any atom is 0.132 e. The van der Waals surface area contributed by atoms with Crippen LogP contribution in [0, 0.1) is 6.92 Å². The van der Waals surface area contributed by atoms with Crippen LogP contribution in [0.4, 0.5) is 11.6 Å². The average molecular weight is 256 g/mol. The molecule has 0 aliphatic heterocycles. The zero-order valence-corrected chi connectivity index (χ0v) is 11.5. The molecule has 0 saturated carbocycles. The van der Waals surface area contributed by atoms with Crippen molar-refractivity contribution in [2.45, 2.75) is 26.7 Å². The summed E-state index contributed by atoms with van der Waals surface area (Å²) in [6.07, 6.45) is 1.76. The van der Waals surface area contributed by atoms with E-state index in [9.17, 15) is 0 Å². The molecule has 1 aromatic carbocycles. The topological polar surface area (TPSA) is 63.8 Å². The Bertz CT molecular complexity index is 552. The number of anilines is 2. The maximum atomic E-state index is 5.75. The first-order valence-corrected chi connectivity index (χ1v) is 6.61. The van der Waals surface area contributed by atoms with Gasteiger partial charge in [0.05, 0.1) is 0 Å². The van der Waals surface area contributed by atoms with Gasteiger partial charge in [-0.25, -0.2) is 9.97 Å². The van der Waals surface area contributed by atoms with Crippen molar-refractivity contribution in [3.05, 3.63) is 47.3 Å². The molecule has 1 aromatic heterocycles. The molecule has 0 unspecified atom stereocenters. The Hall–Kier alpha value is -2.10. The Morgan fingerprint density at radius 2 is 2.00 bits per heavy atom. The quantitative estimate of drug-likeness (QED) is 0.863. The minimum absolute atomic E-state index is 0.519. The lowest BCUT2D eigenvalue weighted by molar-refractivity contribution is 0.928. The van der Waals surface area contributed by atoms with E-state index in [0.29, 0.717) is 5.82 Å². The van der Waals surface area contributed by atoms with E-state index >= 15 is 0 Å². The number of aromatic nitrogens is 2. The molecule has 0 spiro atoms. The Balaban J connectivity index is 1.96. The van der Waals surface area contributed by atoms with Crippen molar-refractivity contribution in [3.63, 3.8) is 0 Å². The molecule has 0 radical (unpaired) electrons. The van der Waals surface area contributed by atoms with Crippen LogP contribution in [-0.4, -0.2) is 16.5 Å². The van der Waals surface area contributed by atoms with Crippen LogP contribution in [0.2, 0.25) is 0 Å². The molecular formula is C15H20N4. The van der Waals surface area contributed by atoms with Crippen LogP contribution in [0.15, 0.2) is 30.3 Å². The largest absolute Gasteiger partial charge is 0.384 e. The molecule has 3 N–H and O–H groups in total. The number of nitrogens with two attached hydrogens (primary N) is 1. The number of rotatable bonds is 5. The smallest absolute Gasteiger partial charge is 0.132 e. The molecule has 0 aliphatic carbocycles.